The van der Waals surface area contributed by atoms with E-state index in [2.05, 4.69) is 15.5 Å². The molecular weight excluding hydrogens is 593 g/mol. The number of nitriles is 1. The highest BCUT2D eigenvalue weighted by Crippen LogP contribution is 2.38. The van der Waals surface area contributed by atoms with Crippen LogP contribution >= 0.6 is 23.2 Å². The fourth-order valence-electron chi connectivity index (χ4n) is 4.36. The van der Waals surface area contributed by atoms with E-state index >= 15 is 0 Å². The molecule has 216 valence electrons. The van der Waals surface area contributed by atoms with Gasteiger partial charge in [0, 0.05) is 25.2 Å². The van der Waals surface area contributed by atoms with Crippen LogP contribution in [0.3, 0.4) is 0 Å². The molecule has 0 unspecified atom stereocenters. The van der Waals surface area contributed by atoms with Gasteiger partial charge >= 0.3 is 0 Å². The molecule has 42 heavy (non-hydrogen) atoms. The lowest BCUT2D eigenvalue weighted by Crippen LogP contribution is -2.01. The summed E-state index contributed by atoms with van der Waals surface area (Å²) in [6, 6.07) is 11.6. The Morgan fingerprint density at radius 1 is 0.762 bits per heavy atom. The predicted octanol–water partition coefficient (Wildman–Crippen LogP) is 7.85. The lowest BCUT2D eigenvalue weighted by atomic mass is 10.1. The number of anilines is 3. The van der Waals surface area contributed by atoms with Crippen molar-refractivity contribution in [1.82, 2.24) is 19.6 Å². The molecule has 13 heteroatoms. The van der Waals surface area contributed by atoms with Gasteiger partial charge in [-0.1, -0.05) is 23.2 Å². The molecule has 0 aliphatic heterocycles. The number of benzene rings is 3. The standard InChI is InChI=1S/C18H12ClF3N4.C11H11ClFN3/c1-9-16(24-17-14(21)5-10(8-23)6-15(17)22)18(26(2)25-9)12-4-3-11(20)7-13(12)19;1-6-10(14)11(16(2)15-6)8-4-3-7(13)5-9(8)12/h3-7,24H,1-2H3;3-5H,14H2,1-2H3. The fourth-order valence-corrected chi connectivity index (χ4v) is 4.87. The number of nitrogens with two attached hydrogens (primary N) is 1. The minimum atomic E-state index is -0.916. The van der Waals surface area contributed by atoms with E-state index in [9.17, 15) is 17.6 Å². The number of aromatic nitrogens is 4. The maximum Gasteiger partial charge on any atom is 0.150 e. The molecule has 0 atom stereocenters. The molecule has 0 aliphatic carbocycles. The molecule has 7 nitrogen and oxygen atoms in total. The number of hydrogen-bond acceptors (Lipinski definition) is 5. The van der Waals surface area contributed by atoms with Crippen LogP contribution in [0, 0.1) is 48.4 Å². The SMILES string of the molecule is Cc1nn(C)c(-c2ccc(F)cc2Cl)c1N.Cc1nn(C)c(-c2ccc(F)cc2Cl)c1Nc1c(F)cc(C#N)cc1F. The Hall–Kier alpha value is -4.53. The molecule has 0 radical (unpaired) electrons. The van der Waals surface area contributed by atoms with Gasteiger partial charge in [0.1, 0.15) is 17.3 Å². The first-order chi connectivity index (χ1) is 19.8. The minimum Gasteiger partial charge on any atom is -0.395 e. The van der Waals surface area contributed by atoms with Crippen molar-refractivity contribution in [2.45, 2.75) is 13.8 Å². The summed E-state index contributed by atoms with van der Waals surface area (Å²) in [6.45, 7) is 3.47. The Morgan fingerprint density at radius 3 is 1.69 bits per heavy atom. The molecule has 2 aromatic heterocycles. The van der Waals surface area contributed by atoms with Gasteiger partial charge in [0.2, 0.25) is 0 Å². The highest BCUT2D eigenvalue weighted by Gasteiger charge is 2.21. The summed E-state index contributed by atoms with van der Waals surface area (Å²) in [4.78, 5) is 0. The predicted molar refractivity (Wildman–Crippen MR) is 155 cm³/mol. The minimum absolute atomic E-state index is 0.129. The fraction of sp³-hybridized carbons (Fsp3) is 0.138. The van der Waals surface area contributed by atoms with Gasteiger partial charge in [-0.25, -0.2) is 17.6 Å². The summed E-state index contributed by atoms with van der Waals surface area (Å²) < 4.78 is 57.9. The van der Waals surface area contributed by atoms with Crippen LogP contribution in [0.1, 0.15) is 17.0 Å². The molecule has 5 aromatic rings. The second-order valence-corrected chi connectivity index (χ2v) is 10.0. The number of hydrogen-bond donors (Lipinski definition) is 2. The molecule has 0 saturated heterocycles. The van der Waals surface area contributed by atoms with Gasteiger partial charge in [-0.3, -0.25) is 9.36 Å². The van der Waals surface area contributed by atoms with E-state index < -0.39 is 23.1 Å². The number of halogens is 6. The van der Waals surface area contributed by atoms with E-state index in [1.807, 2.05) is 6.92 Å². The molecule has 0 fully saturated rings. The largest absolute Gasteiger partial charge is 0.395 e. The number of nitrogens with zero attached hydrogens (tertiary/aromatic N) is 5. The Balaban J connectivity index is 0.000000216. The van der Waals surface area contributed by atoms with Crippen molar-refractivity contribution >= 4 is 40.3 Å². The first kappa shape index (κ1) is 30.4. The smallest absolute Gasteiger partial charge is 0.150 e. The van der Waals surface area contributed by atoms with Gasteiger partial charge in [-0.2, -0.15) is 15.5 Å². The van der Waals surface area contributed by atoms with Gasteiger partial charge < -0.3 is 11.1 Å². The molecule has 0 aliphatic rings. The van der Waals surface area contributed by atoms with Gasteiger partial charge in [0.25, 0.3) is 0 Å². The molecule has 0 saturated carbocycles. The number of rotatable bonds is 4. The zero-order valence-electron chi connectivity index (χ0n) is 22.7. The van der Waals surface area contributed by atoms with E-state index in [4.69, 9.17) is 34.2 Å². The number of nitrogen functional groups attached to an aromatic ring is 1. The normalized spacial score (nSPS) is 10.7. The molecule has 0 spiro atoms. The maximum atomic E-state index is 14.2. The zero-order valence-corrected chi connectivity index (χ0v) is 24.2. The molecule has 3 aromatic carbocycles. The monoisotopic (exact) mass is 615 g/mol. The third-order valence-electron chi connectivity index (χ3n) is 6.28. The van der Waals surface area contributed by atoms with Crippen LogP contribution in [-0.2, 0) is 14.1 Å². The van der Waals surface area contributed by atoms with E-state index in [1.54, 1.807) is 37.8 Å². The zero-order chi connectivity index (χ0) is 30.9. The quantitative estimate of drug-likeness (QED) is 0.201. The van der Waals surface area contributed by atoms with Crippen molar-refractivity contribution in [2.24, 2.45) is 14.1 Å². The van der Waals surface area contributed by atoms with E-state index in [1.165, 1.54) is 28.9 Å². The first-order valence-electron chi connectivity index (χ1n) is 12.2. The van der Waals surface area contributed by atoms with E-state index in [-0.39, 0.29) is 16.4 Å². The molecule has 0 amide bonds. The summed E-state index contributed by atoms with van der Waals surface area (Å²) in [5, 5.41) is 20.4. The van der Waals surface area contributed by atoms with Crippen LogP contribution in [0.4, 0.5) is 34.6 Å². The van der Waals surface area contributed by atoms with Crippen LogP contribution in [0.5, 0.6) is 0 Å². The van der Waals surface area contributed by atoms with Crippen molar-refractivity contribution in [3.8, 4) is 28.6 Å². The molecule has 3 N–H and O–H groups in total. The Labute approximate surface area is 248 Å². The Morgan fingerprint density at radius 2 is 1.24 bits per heavy atom. The van der Waals surface area contributed by atoms with Crippen molar-refractivity contribution in [3.05, 3.63) is 98.8 Å². The molecule has 2 heterocycles. The topological polar surface area (TPSA) is 97.5 Å². The third kappa shape index (κ3) is 6.05. The third-order valence-corrected chi connectivity index (χ3v) is 6.91. The van der Waals surface area contributed by atoms with Gasteiger partial charge in [0.15, 0.2) is 11.6 Å². The molecule has 5 rings (SSSR count). The van der Waals surface area contributed by atoms with Crippen LogP contribution in [-0.4, -0.2) is 19.6 Å². The summed E-state index contributed by atoms with van der Waals surface area (Å²) in [5.41, 5.74) is 9.73. The van der Waals surface area contributed by atoms with E-state index in [0.717, 1.165) is 23.9 Å². The Bertz CT molecular complexity index is 1830. The molecule has 0 bridgehead atoms. The average molecular weight is 616 g/mol. The summed E-state index contributed by atoms with van der Waals surface area (Å²) >= 11 is 12.1. The second kappa shape index (κ2) is 12.1. The van der Waals surface area contributed by atoms with Crippen LogP contribution in [0.15, 0.2) is 48.5 Å². The Kier molecular flexibility index (Phi) is 8.80. The summed E-state index contributed by atoms with van der Waals surface area (Å²) in [6.07, 6.45) is 0. The van der Waals surface area contributed by atoms with Crippen LogP contribution in [0.25, 0.3) is 22.5 Å². The lowest BCUT2D eigenvalue weighted by Gasteiger charge is -2.13. The van der Waals surface area contributed by atoms with Crippen molar-refractivity contribution in [1.29, 1.82) is 5.26 Å². The van der Waals surface area contributed by atoms with Crippen LogP contribution < -0.4 is 11.1 Å². The van der Waals surface area contributed by atoms with Crippen molar-refractivity contribution in [2.75, 3.05) is 11.1 Å². The van der Waals surface area contributed by atoms with Crippen molar-refractivity contribution in [3.63, 3.8) is 0 Å². The second-order valence-electron chi connectivity index (χ2n) is 9.20. The van der Waals surface area contributed by atoms with Crippen molar-refractivity contribution < 1.29 is 17.6 Å². The number of nitrogens with one attached hydrogen (secondary N) is 1. The summed E-state index contributed by atoms with van der Waals surface area (Å²) in [7, 11) is 3.41. The number of aryl methyl sites for hydroxylation is 4. The van der Waals surface area contributed by atoms with Crippen LogP contribution in [0.2, 0.25) is 10.0 Å². The molecular formula is C29H23Cl2F4N7. The average Bonchev–Trinajstić information content (AvgIpc) is 3.33. The van der Waals surface area contributed by atoms with Gasteiger partial charge in [-0.05, 0) is 62.4 Å². The van der Waals surface area contributed by atoms with Gasteiger partial charge in [0.05, 0.1) is 55.8 Å². The highest BCUT2D eigenvalue weighted by molar-refractivity contribution is 6.33. The maximum absolute atomic E-state index is 14.2. The lowest BCUT2D eigenvalue weighted by molar-refractivity contribution is 0.590. The van der Waals surface area contributed by atoms with Gasteiger partial charge in [-0.15, -0.1) is 0 Å². The highest BCUT2D eigenvalue weighted by atomic mass is 35.5. The first-order valence-corrected chi connectivity index (χ1v) is 13.0. The van der Waals surface area contributed by atoms with E-state index in [0.29, 0.717) is 44.6 Å². The summed E-state index contributed by atoms with van der Waals surface area (Å²) in [5.74, 6) is -2.70.